The molecule has 0 amide bonds. The molecule has 3 N–H and O–H groups in total. The third-order valence-electron chi connectivity index (χ3n) is 4.81. The van der Waals surface area contributed by atoms with Crippen LogP contribution in [0, 0.1) is 11.7 Å². The van der Waals surface area contributed by atoms with Crippen LogP contribution in [0.5, 0.6) is 11.6 Å². The van der Waals surface area contributed by atoms with Gasteiger partial charge in [0.15, 0.2) is 5.65 Å². The quantitative estimate of drug-likeness (QED) is 0.546. The van der Waals surface area contributed by atoms with Gasteiger partial charge in [0, 0.05) is 12.5 Å². The lowest BCUT2D eigenvalue weighted by Crippen LogP contribution is -2.13. The van der Waals surface area contributed by atoms with Gasteiger partial charge in [-0.2, -0.15) is 10.1 Å². The first-order valence-electron chi connectivity index (χ1n) is 9.30. The van der Waals surface area contributed by atoms with Gasteiger partial charge in [0.05, 0.1) is 19.2 Å². The number of nitrogens with one attached hydrogen (secondary N) is 1. The summed E-state index contributed by atoms with van der Waals surface area (Å²) in [5, 5.41) is 27.0. The van der Waals surface area contributed by atoms with E-state index >= 15 is 0 Å². The Morgan fingerprint density at radius 2 is 2.24 bits per heavy atom. The molecule has 0 aliphatic carbocycles. The van der Waals surface area contributed by atoms with Gasteiger partial charge in [-0.3, -0.25) is 4.79 Å². The summed E-state index contributed by atoms with van der Waals surface area (Å²) in [5.41, 5.74) is 0.756. The normalized spacial score (nSPS) is 16.4. The first kappa shape index (κ1) is 19.1. The molecule has 3 heterocycles. The molecular weight excluding hydrogens is 381 g/mol. The first-order chi connectivity index (χ1) is 14.0. The summed E-state index contributed by atoms with van der Waals surface area (Å²) in [7, 11) is 0. The molecule has 9 nitrogen and oxygen atoms in total. The van der Waals surface area contributed by atoms with E-state index in [2.05, 4.69) is 20.4 Å². The van der Waals surface area contributed by atoms with Crippen LogP contribution in [0.15, 0.2) is 24.4 Å². The smallest absolute Gasteiger partial charge is 0.306 e. The number of halogens is 1. The predicted octanol–water partition coefficient (Wildman–Crippen LogP) is 1.67. The number of ether oxygens (including phenoxy) is 1. The molecule has 1 aromatic carbocycles. The van der Waals surface area contributed by atoms with Crippen molar-refractivity contribution in [3.8, 4) is 17.3 Å². The van der Waals surface area contributed by atoms with Crippen LogP contribution in [0.25, 0.3) is 16.7 Å². The molecule has 0 radical (unpaired) electrons. The summed E-state index contributed by atoms with van der Waals surface area (Å²) in [6.45, 7) is 1.70. The van der Waals surface area contributed by atoms with E-state index in [0.717, 1.165) is 25.6 Å². The lowest BCUT2D eigenvalue weighted by atomic mass is 10.0. The Morgan fingerprint density at radius 1 is 1.38 bits per heavy atom. The second kappa shape index (κ2) is 8.00. The molecule has 0 bridgehead atoms. The van der Waals surface area contributed by atoms with E-state index < -0.39 is 11.8 Å². The molecular formula is C19H20FN5O4. The number of aromatic hydroxyl groups is 1. The third-order valence-corrected chi connectivity index (χ3v) is 4.81. The highest BCUT2D eigenvalue weighted by Gasteiger charge is 2.20. The minimum atomic E-state index is -1.02. The Labute approximate surface area is 165 Å². The monoisotopic (exact) mass is 401 g/mol. The third kappa shape index (κ3) is 4.11. The number of aliphatic carboxylic acids is 1. The summed E-state index contributed by atoms with van der Waals surface area (Å²) >= 11 is 0. The van der Waals surface area contributed by atoms with Gasteiger partial charge in [-0.15, -0.1) is 0 Å². The van der Waals surface area contributed by atoms with Gasteiger partial charge < -0.3 is 20.3 Å². The van der Waals surface area contributed by atoms with Gasteiger partial charge in [-0.05, 0) is 37.6 Å². The van der Waals surface area contributed by atoms with E-state index in [0.29, 0.717) is 34.9 Å². The summed E-state index contributed by atoms with van der Waals surface area (Å²) in [6, 6.07) is 3.88. The number of carbonyl (C=O) groups is 1. The molecule has 29 heavy (non-hydrogen) atoms. The fraction of sp³-hybridized carbons (Fsp3) is 0.368. The number of hydrogen-bond acceptors (Lipinski definition) is 7. The van der Waals surface area contributed by atoms with Crippen molar-refractivity contribution >= 4 is 17.0 Å². The second-order valence-corrected chi connectivity index (χ2v) is 6.92. The van der Waals surface area contributed by atoms with Gasteiger partial charge in [0.2, 0.25) is 5.88 Å². The van der Waals surface area contributed by atoms with E-state index in [9.17, 15) is 14.3 Å². The maximum Gasteiger partial charge on any atom is 0.306 e. The summed E-state index contributed by atoms with van der Waals surface area (Å²) < 4.78 is 20.7. The topological polar surface area (TPSA) is 122 Å². The Morgan fingerprint density at radius 3 is 3.00 bits per heavy atom. The Kier molecular flexibility index (Phi) is 5.26. The highest BCUT2D eigenvalue weighted by molar-refractivity contribution is 5.81. The minimum Gasteiger partial charge on any atom is -0.493 e. The number of rotatable bonds is 7. The van der Waals surface area contributed by atoms with Crippen molar-refractivity contribution in [1.82, 2.24) is 25.1 Å². The number of benzene rings is 1. The Bertz CT molecular complexity index is 1050. The molecule has 4 rings (SSSR count). The molecule has 0 unspecified atom stereocenters. The molecule has 1 aliphatic rings. The average Bonchev–Trinajstić information content (AvgIpc) is 3.32. The summed E-state index contributed by atoms with van der Waals surface area (Å²) in [5.74, 6) is -0.683. The van der Waals surface area contributed by atoms with Crippen LogP contribution in [0.2, 0.25) is 0 Å². The zero-order valence-corrected chi connectivity index (χ0v) is 15.5. The Balaban J connectivity index is 1.71. The molecule has 3 aromatic rings. The molecule has 0 spiro atoms. The van der Waals surface area contributed by atoms with Crippen molar-refractivity contribution in [3.05, 3.63) is 36.0 Å². The van der Waals surface area contributed by atoms with Gasteiger partial charge >= 0.3 is 5.97 Å². The summed E-state index contributed by atoms with van der Waals surface area (Å²) in [6.07, 6.45) is 2.84. The molecule has 2 aromatic heterocycles. The molecule has 1 aliphatic heterocycles. The van der Waals surface area contributed by atoms with Crippen LogP contribution in [0.4, 0.5) is 4.39 Å². The molecule has 10 heteroatoms. The first-order valence-corrected chi connectivity index (χ1v) is 9.30. The van der Waals surface area contributed by atoms with Crippen molar-refractivity contribution in [2.75, 3.05) is 19.7 Å². The van der Waals surface area contributed by atoms with E-state index in [1.807, 2.05) is 0 Å². The standard InChI is InChI=1S/C19H20FN5O4/c20-12-1-2-14(15(8-12)29-6-4-17(26)27)25-18-13(10-22-25)19(28)24-16(23-18)7-11-3-5-21-9-11/h1-2,8,10-11,21H,3-7,9H2,(H,26,27)(H,23,24,28)/t11-/m1/s1. The van der Waals surface area contributed by atoms with Crippen LogP contribution in [0.3, 0.4) is 0 Å². The van der Waals surface area contributed by atoms with Gasteiger partial charge in [0.25, 0.3) is 0 Å². The van der Waals surface area contributed by atoms with Crippen LogP contribution in [0.1, 0.15) is 18.7 Å². The zero-order valence-electron chi connectivity index (χ0n) is 15.5. The lowest BCUT2D eigenvalue weighted by Gasteiger charge is -2.12. The van der Waals surface area contributed by atoms with Gasteiger partial charge in [-0.25, -0.2) is 14.1 Å². The van der Waals surface area contributed by atoms with Crippen molar-refractivity contribution in [1.29, 1.82) is 0 Å². The highest BCUT2D eigenvalue weighted by atomic mass is 19.1. The van der Waals surface area contributed by atoms with Crippen molar-refractivity contribution < 1.29 is 24.1 Å². The molecule has 0 saturated carbocycles. The van der Waals surface area contributed by atoms with Crippen LogP contribution >= 0.6 is 0 Å². The SMILES string of the molecule is O=C(O)CCOc1cc(F)ccc1-n1ncc2c(O)nc(C[C@H]3CCNC3)nc21. The molecule has 1 atom stereocenters. The number of hydrogen-bond donors (Lipinski definition) is 3. The maximum atomic E-state index is 13.7. The predicted molar refractivity (Wildman–Crippen MR) is 101 cm³/mol. The van der Waals surface area contributed by atoms with Crippen LogP contribution in [-0.2, 0) is 11.2 Å². The van der Waals surface area contributed by atoms with E-state index in [4.69, 9.17) is 9.84 Å². The second-order valence-electron chi connectivity index (χ2n) is 6.92. The van der Waals surface area contributed by atoms with Crippen molar-refractivity contribution in [2.45, 2.75) is 19.3 Å². The average molecular weight is 401 g/mol. The fourth-order valence-corrected chi connectivity index (χ4v) is 3.38. The van der Waals surface area contributed by atoms with E-state index in [1.54, 1.807) is 0 Å². The van der Waals surface area contributed by atoms with Crippen molar-refractivity contribution in [3.63, 3.8) is 0 Å². The molecule has 1 fully saturated rings. The van der Waals surface area contributed by atoms with Gasteiger partial charge in [0.1, 0.15) is 28.5 Å². The number of aromatic nitrogens is 4. The lowest BCUT2D eigenvalue weighted by molar-refractivity contribution is -0.137. The van der Waals surface area contributed by atoms with E-state index in [1.165, 1.54) is 23.0 Å². The van der Waals surface area contributed by atoms with Crippen LogP contribution in [-0.4, -0.2) is 55.6 Å². The number of carboxylic acids is 1. The maximum absolute atomic E-state index is 13.7. The zero-order chi connectivity index (χ0) is 20.4. The highest BCUT2D eigenvalue weighted by Crippen LogP contribution is 2.29. The molecule has 1 saturated heterocycles. The summed E-state index contributed by atoms with van der Waals surface area (Å²) in [4.78, 5) is 19.5. The van der Waals surface area contributed by atoms with Gasteiger partial charge in [-0.1, -0.05) is 0 Å². The van der Waals surface area contributed by atoms with Crippen LogP contribution < -0.4 is 10.1 Å². The van der Waals surface area contributed by atoms with Crippen molar-refractivity contribution in [2.24, 2.45) is 5.92 Å². The number of nitrogens with zero attached hydrogens (tertiary/aromatic N) is 4. The number of fused-ring (bicyclic) bond motifs is 1. The minimum absolute atomic E-state index is 0.120. The number of carboxylic acid groups (broad SMARTS) is 1. The largest absolute Gasteiger partial charge is 0.493 e. The van der Waals surface area contributed by atoms with E-state index in [-0.39, 0.29) is 24.7 Å². The fourth-order valence-electron chi connectivity index (χ4n) is 3.38. The Hall–Kier alpha value is -3.27. The molecule has 152 valence electrons.